The molecular formula is C62H107NO5. The predicted octanol–water partition coefficient (Wildman–Crippen LogP) is 17.7. The summed E-state index contributed by atoms with van der Waals surface area (Å²) in [7, 11) is 0. The Kier molecular flexibility index (Phi) is 52.1. The second kappa shape index (κ2) is 54.7. The summed E-state index contributed by atoms with van der Waals surface area (Å²) in [6.45, 7) is 6.31. The Morgan fingerprint density at radius 2 is 0.868 bits per heavy atom. The van der Waals surface area contributed by atoms with Gasteiger partial charge in [0.05, 0.1) is 25.2 Å². The molecule has 0 saturated carbocycles. The largest absolute Gasteiger partial charge is 0.462 e. The van der Waals surface area contributed by atoms with E-state index in [0.29, 0.717) is 19.3 Å². The third-order valence-corrected chi connectivity index (χ3v) is 12.5. The summed E-state index contributed by atoms with van der Waals surface area (Å²) >= 11 is 0. The van der Waals surface area contributed by atoms with Gasteiger partial charge in [-0.1, -0.05) is 259 Å². The molecule has 6 nitrogen and oxygen atoms in total. The monoisotopic (exact) mass is 946 g/mol. The van der Waals surface area contributed by atoms with Gasteiger partial charge in [-0.25, -0.2) is 0 Å². The van der Waals surface area contributed by atoms with Crippen LogP contribution in [0.4, 0.5) is 0 Å². The lowest BCUT2D eigenvalue weighted by molar-refractivity contribution is -0.151. The number of carbonyl (C=O) groups excluding carboxylic acids is 2. The zero-order chi connectivity index (χ0) is 49.5. The van der Waals surface area contributed by atoms with Crippen LogP contribution in [0.25, 0.3) is 0 Å². The van der Waals surface area contributed by atoms with Crippen molar-refractivity contribution in [3.63, 3.8) is 0 Å². The highest BCUT2D eigenvalue weighted by Gasteiger charge is 2.24. The average Bonchev–Trinajstić information content (AvgIpc) is 3.33. The highest BCUT2D eigenvalue weighted by molar-refractivity contribution is 5.77. The van der Waals surface area contributed by atoms with E-state index in [1.54, 1.807) is 0 Å². The minimum absolute atomic E-state index is 0.0254. The molecule has 3 unspecified atom stereocenters. The highest BCUT2D eigenvalue weighted by Crippen LogP contribution is 2.17. The number of rotatable bonds is 50. The van der Waals surface area contributed by atoms with Crippen LogP contribution in [0.2, 0.25) is 0 Å². The fourth-order valence-corrected chi connectivity index (χ4v) is 8.20. The van der Waals surface area contributed by atoms with Gasteiger partial charge >= 0.3 is 5.97 Å². The third-order valence-electron chi connectivity index (χ3n) is 12.5. The molecule has 0 aliphatic rings. The molecule has 0 radical (unpaired) electrons. The minimum atomic E-state index is -0.813. The van der Waals surface area contributed by atoms with Crippen molar-refractivity contribution in [1.82, 2.24) is 5.32 Å². The SMILES string of the molecule is CC/C=C/C=C/C=C/C=C\CCCCCCCC(=O)OC(CCC/C=C\C/C=C\C/C=C\C/C=C\CCCCC)CC(=O)NC(CO)C(O)CCCCCCCCCCCCCCCCCCC. The molecule has 3 atom stereocenters. The first-order valence-electron chi connectivity index (χ1n) is 28.5. The summed E-state index contributed by atoms with van der Waals surface area (Å²) in [5.41, 5.74) is 0. The zero-order valence-electron chi connectivity index (χ0n) is 44.5. The predicted molar refractivity (Wildman–Crippen MR) is 296 cm³/mol. The van der Waals surface area contributed by atoms with E-state index < -0.39 is 18.2 Å². The molecule has 68 heavy (non-hydrogen) atoms. The Labute approximate surface area is 420 Å². The number of carbonyl (C=O) groups is 2. The van der Waals surface area contributed by atoms with Crippen molar-refractivity contribution in [2.45, 2.75) is 277 Å². The van der Waals surface area contributed by atoms with Crippen LogP contribution >= 0.6 is 0 Å². The van der Waals surface area contributed by atoms with Gasteiger partial charge in [0.1, 0.15) is 6.10 Å². The fourth-order valence-electron chi connectivity index (χ4n) is 8.20. The van der Waals surface area contributed by atoms with E-state index in [9.17, 15) is 19.8 Å². The Hall–Kier alpha value is -3.22. The quantitative estimate of drug-likeness (QED) is 0.0244. The van der Waals surface area contributed by atoms with E-state index in [1.165, 1.54) is 116 Å². The van der Waals surface area contributed by atoms with Crippen LogP contribution in [0.3, 0.4) is 0 Å². The van der Waals surface area contributed by atoms with Crippen LogP contribution in [0.5, 0.6) is 0 Å². The molecule has 0 aromatic rings. The van der Waals surface area contributed by atoms with E-state index >= 15 is 0 Å². The van der Waals surface area contributed by atoms with Gasteiger partial charge in [0.25, 0.3) is 0 Å². The van der Waals surface area contributed by atoms with Gasteiger partial charge in [0.2, 0.25) is 5.91 Å². The second-order valence-corrected chi connectivity index (χ2v) is 19.0. The standard InChI is InChI=1S/C62H107NO5/c1-4-7-10-13-16-19-22-25-28-30-33-35-38-41-44-47-50-53-58(68-62(67)55-52-49-46-43-40-37-32-27-24-21-18-15-12-9-6-3)56-61(66)63-59(57-64)60(65)54-51-48-45-42-39-36-34-31-29-26-23-20-17-14-11-8-5-2/h9,12,15-16,18-19,21,24-25,27-28,32-33,35,41,44,58-60,64-65H,4-8,10-11,13-14,17,20,22-23,26,29-31,34,36-40,42-43,45-57H2,1-3H3,(H,63,66)/b12-9+,18-15+,19-16-,24-21+,28-25-,32-27-,35-33-,44-41-. The smallest absolute Gasteiger partial charge is 0.306 e. The normalized spacial score (nSPS) is 13.9. The third kappa shape index (κ3) is 49.2. The summed E-state index contributed by atoms with van der Waals surface area (Å²) < 4.78 is 5.92. The van der Waals surface area contributed by atoms with Crippen molar-refractivity contribution in [2.75, 3.05) is 6.61 Å². The van der Waals surface area contributed by atoms with E-state index in [4.69, 9.17) is 4.74 Å². The van der Waals surface area contributed by atoms with E-state index in [1.807, 2.05) is 18.2 Å². The van der Waals surface area contributed by atoms with E-state index in [2.05, 4.69) is 105 Å². The molecule has 1 amide bonds. The molecule has 0 aliphatic carbocycles. The lowest BCUT2D eigenvalue weighted by Crippen LogP contribution is -2.46. The van der Waals surface area contributed by atoms with Crippen LogP contribution in [0.15, 0.2) is 97.2 Å². The molecule has 3 N–H and O–H groups in total. The van der Waals surface area contributed by atoms with Gasteiger partial charge in [-0.05, 0) is 83.5 Å². The molecule has 6 heteroatoms. The zero-order valence-corrected chi connectivity index (χ0v) is 44.5. The number of aliphatic hydroxyl groups is 2. The van der Waals surface area contributed by atoms with Crippen LogP contribution in [-0.4, -0.2) is 46.9 Å². The summed E-state index contributed by atoms with van der Waals surface area (Å²) in [4.78, 5) is 26.2. The molecule has 0 spiro atoms. The van der Waals surface area contributed by atoms with Crippen molar-refractivity contribution >= 4 is 11.9 Å². The summed E-state index contributed by atoms with van der Waals surface area (Å²) in [6.07, 6.45) is 73.3. The van der Waals surface area contributed by atoms with E-state index in [0.717, 1.165) is 96.3 Å². The maximum absolute atomic E-state index is 13.3. The minimum Gasteiger partial charge on any atom is -0.462 e. The second-order valence-electron chi connectivity index (χ2n) is 19.0. The Balaban J connectivity index is 4.69. The maximum atomic E-state index is 13.3. The maximum Gasteiger partial charge on any atom is 0.306 e. The van der Waals surface area contributed by atoms with Crippen LogP contribution in [0.1, 0.15) is 258 Å². The van der Waals surface area contributed by atoms with Crippen molar-refractivity contribution in [3.05, 3.63) is 97.2 Å². The van der Waals surface area contributed by atoms with Crippen molar-refractivity contribution in [3.8, 4) is 0 Å². The number of ether oxygens (including phenoxy) is 1. The van der Waals surface area contributed by atoms with E-state index in [-0.39, 0.29) is 24.9 Å². The summed E-state index contributed by atoms with van der Waals surface area (Å²) in [5.74, 6) is -0.557. The van der Waals surface area contributed by atoms with Gasteiger partial charge in [0, 0.05) is 6.42 Å². The number of unbranched alkanes of at least 4 members (excludes halogenated alkanes) is 25. The molecule has 0 bridgehead atoms. The molecule has 0 saturated heterocycles. The molecule has 0 rings (SSSR count). The lowest BCUT2D eigenvalue weighted by atomic mass is 10.0. The average molecular weight is 947 g/mol. The summed E-state index contributed by atoms with van der Waals surface area (Å²) in [6, 6.07) is -0.731. The molecule has 390 valence electrons. The number of amides is 1. The molecule has 0 heterocycles. The van der Waals surface area contributed by atoms with Crippen LogP contribution in [-0.2, 0) is 14.3 Å². The highest BCUT2D eigenvalue weighted by atomic mass is 16.5. The number of aliphatic hydroxyl groups excluding tert-OH is 2. The first kappa shape index (κ1) is 64.8. The first-order valence-corrected chi connectivity index (χ1v) is 28.5. The van der Waals surface area contributed by atoms with Gasteiger partial charge < -0.3 is 20.3 Å². The number of allylic oxidation sites excluding steroid dienone is 16. The topological polar surface area (TPSA) is 95.9 Å². The van der Waals surface area contributed by atoms with Crippen molar-refractivity contribution in [1.29, 1.82) is 0 Å². The van der Waals surface area contributed by atoms with Crippen molar-refractivity contribution in [2.24, 2.45) is 0 Å². The van der Waals surface area contributed by atoms with Gasteiger partial charge in [-0.3, -0.25) is 9.59 Å². The number of esters is 1. The summed E-state index contributed by atoms with van der Waals surface area (Å²) in [5, 5.41) is 23.9. The van der Waals surface area contributed by atoms with Crippen LogP contribution < -0.4 is 5.32 Å². The van der Waals surface area contributed by atoms with Gasteiger partial charge in [-0.2, -0.15) is 0 Å². The Morgan fingerprint density at radius 3 is 1.40 bits per heavy atom. The molecule has 0 fully saturated rings. The first-order chi connectivity index (χ1) is 33.5. The molecular weight excluding hydrogens is 839 g/mol. The number of hydrogen-bond donors (Lipinski definition) is 3. The number of nitrogens with one attached hydrogen (secondary N) is 1. The van der Waals surface area contributed by atoms with Crippen LogP contribution in [0, 0.1) is 0 Å². The lowest BCUT2D eigenvalue weighted by Gasteiger charge is -2.24. The molecule has 0 aromatic carbocycles. The van der Waals surface area contributed by atoms with Gasteiger partial charge in [0.15, 0.2) is 0 Å². The fraction of sp³-hybridized carbons (Fsp3) is 0.710. The molecule has 0 aliphatic heterocycles. The van der Waals surface area contributed by atoms with Gasteiger partial charge in [-0.15, -0.1) is 0 Å². The Bertz CT molecular complexity index is 1340. The van der Waals surface area contributed by atoms with Crippen molar-refractivity contribution < 1.29 is 24.5 Å². The Morgan fingerprint density at radius 1 is 0.456 bits per heavy atom. The molecule has 0 aromatic heterocycles. The number of hydrogen-bond acceptors (Lipinski definition) is 5.